The number of aryl methyl sites for hydroxylation is 1. The van der Waals surface area contributed by atoms with Crippen molar-refractivity contribution in [3.63, 3.8) is 0 Å². The fraction of sp³-hybridized carbons (Fsp3) is 0.704. The predicted molar refractivity (Wildman–Crippen MR) is 132 cm³/mol. The van der Waals surface area contributed by atoms with Crippen LogP contribution in [0.3, 0.4) is 0 Å². The molecule has 2 rings (SSSR count). The molecule has 0 fully saturated rings. The van der Waals surface area contributed by atoms with E-state index in [9.17, 15) is 20.1 Å². The number of allylic oxidation sites excluding steroid dienone is 1. The van der Waals surface area contributed by atoms with E-state index < -0.39 is 35.9 Å². The van der Waals surface area contributed by atoms with Gasteiger partial charge in [-0.2, -0.15) is 0 Å². The van der Waals surface area contributed by atoms with Crippen molar-refractivity contribution >= 4 is 11.9 Å². The smallest absolute Gasteiger partial charge is 0.191 e. The summed E-state index contributed by atoms with van der Waals surface area (Å²) in [5.41, 5.74) is 1.60. The van der Waals surface area contributed by atoms with Crippen LogP contribution in [0, 0.1) is 24.2 Å². The van der Waals surface area contributed by atoms with Gasteiger partial charge in [0.05, 0.1) is 18.3 Å². The highest BCUT2D eigenvalue weighted by Gasteiger charge is 2.42. The fourth-order valence-corrected chi connectivity index (χ4v) is 4.54. The number of hydrogen-bond donors (Lipinski definition) is 3. The fourth-order valence-electron chi connectivity index (χ4n) is 4.54. The Morgan fingerprint density at radius 3 is 2.50 bits per heavy atom. The second-order valence-corrected chi connectivity index (χ2v) is 10.5. The van der Waals surface area contributed by atoms with Gasteiger partial charge in [-0.05, 0) is 57.1 Å². The maximum Gasteiger partial charge on any atom is 0.191 e. The minimum atomic E-state index is -1.27. The monoisotopic (exact) mass is 477 g/mol. The molecule has 34 heavy (non-hydrogen) atoms. The van der Waals surface area contributed by atoms with E-state index >= 15 is 0 Å². The quantitative estimate of drug-likeness (QED) is 0.534. The summed E-state index contributed by atoms with van der Waals surface area (Å²) in [4.78, 5) is 17.5. The minimum Gasteiger partial charge on any atom is -0.449 e. The average molecular weight is 478 g/mol. The van der Waals surface area contributed by atoms with Gasteiger partial charge in [-0.25, -0.2) is 4.98 Å². The number of aliphatic hydroxyl groups excluding tert-OH is 3. The number of Topliss-reactive ketones (excluding diaryl/α,β-unsaturated/α-hetero) is 1. The van der Waals surface area contributed by atoms with Crippen LogP contribution in [-0.2, 0) is 9.53 Å². The van der Waals surface area contributed by atoms with E-state index in [2.05, 4.69) is 18.0 Å². The molecule has 0 aromatic carbocycles. The molecule has 7 heteroatoms. The Kier molecular flexibility index (Phi) is 10.2. The van der Waals surface area contributed by atoms with Crippen molar-refractivity contribution in [2.45, 2.75) is 105 Å². The molecule has 0 saturated heterocycles. The van der Waals surface area contributed by atoms with Crippen molar-refractivity contribution in [1.29, 1.82) is 0 Å². The number of aromatic nitrogens is 1. The van der Waals surface area contributed by atoms with Crippen LogP contribution < -0.4 is 0 Å². The van der Waals surface area contributed by atoms with Gasteiger partial charge < -0.3 is 24.5 Å². The van der Waals surface area contributed by atoms with Crippen molar-refractivity contribution in [2.24, 2.45) is 17.3 Å². The van der Waals surface area contributed by atoms with Gasteiger partial charge in [0.1, 0.15) is 17.7 Å². The lowest BCUT2D eigenvalue weighted by molar-refractivity contribution is -0.161. The normalized spacial score (nSPS) is 34.5. The van der Waals surface area contributed by atoms with E-state index in [1.165, 1.54) is 5.57 Å². The molecule has 1 aliphatic heterocycles. The van der Waals surface area contributed by atoms with Crippen molar-refractivity contribution < 1.29 is 29.3 Å². The molecule has 1 aliphatic rings. The number of oxazole rings is 1. The Morgan fingerprint density at radius 1 is 1.21 bits per heavy atom. The van der Waals surface area contributed by atoms with Crippen LogP contribution in [0.15, 0.2) is 27.9 Å². The molecule has 7 nitrogen and oxygen atoms in total. The van der Waals surface area contributed by atoms with Crippen LogP contribution in [0.5, 0.6) is 0 Å². The molecular weight excluding hydrogens is 434 g/mol. The molecule has 192 valence electrons. The number of ether oxygens (including phenoxy) is 1. The van der Waals surface area contributed by atoms with Crippen LogP contribution in [0.25, 0.3) is 6.08 Å². The maximum absolute atomic E-state index is 13.2. The summed E-state index contributed by atoms with van der Waals surface area (Å²) in [6.07, 6.45) is 4.95. The molecule has 0 aliphatic carbocycles. The Bertz CT molecular complexity index is 870. The molecule has 3 N–H and O–H groups in total. The SMILES string of the molecule is C/C1=C/C[C@@H](/C(C)=C/c2coc(C)n2)OC(O)C[C@H](O)C(C)(C)C(=O)[C@H](C)[C@@H](O)[C@@H](C)CCC1. The third kappa shape index (κ3) is 7.60. The third-order valence-corrected chi connectivity index (χ3v) is 7.15. The van der Waals surface area contributed by atoms with Crippen LogP contribution in [-0.4, -0.2) is 50.7 Å². The summed E-state index contributed by atoms with van der Waals surface area (Å²) in [7, 11) is 0. The van der Waals surface area contributed by atoms with Gasteiger partial charge in [0.25, 0.3) is 0 Å². The molecule has 0 spiro atoms. The zero-order chi connectivity index (χ0) is 25.6. The highest BCUT2D eigenvalue weighted by molar-refractivity contribution is 5.87. The number of ketones is 1. The average Bonchev–Trinajstić information content (AvgIpc) is 3.18. The number of carbonyl (C=O) groups excluding carboxylic acids is 1. The maximum atomic E-state index is 13.2. The highest BCUT2D eigenvalue weighted by atomic mass is 16.6. The van der Waals surface area contributed by atoms with Crippen molar-refractivity contribution in [2.75, 3.05) is 0 Å². The first kappa shape index (κ1) is 28.4. The van der Waals surface area contributed by atoms with Gasteiger partial charge in [-0.1, -0.05) is 39.3 Å². The van der Waals surface area contributed by atoms with Crippen LogP contribution in [0.1, 0.15) is 85.2 Å². The Labute approximate surface area is 203 Å². The number of nitrogens with zero attached hydrogens (tertiary/aromatic N) is 1. The first-order chi connectivity index (χ1) is 15.8. The van der Waals surface area contributed by atoms with Gasteiger partial charge in [-0.3, -0.25) is 4.79 Å². The molecule has 1 aromatic heterocycles. The van der Waals surface area contributed by atoms with Crippen LogP contribution in [0.4, 0.5) is 0 Å². The Hall–Kier alpha value is -1.80. The molecule has 0 amide bonds. The summed E-state index contributed by atoms with van der Waals surface area (Å²) in [5.74, 6) is -0.308. The Morgan fingerprint density at radius 2 is 1.88 bits per heavy atom. The summed E-state index contributed by atoms with van der Waals surface area (Å²) < 4.78 is 11.2. The van der Waals surface area contributed by atoms with E-state index in [0.717, 1.165) is 24.8 Å². The second kappa shape index (κ2) is 12.2. The molecule has 0 saturated carbocycles. The molecule has 2 heterocycles. The topological polar surface area (TPSA) is 113 Å². The van der Waals surface area contributed by atoms with Crippen molar-refractivity contribution in [1.82, 2.24) is 4.98 Å². The lowest BCUT2D eigenvalue weighted by Crippen LogP contribution is -2.46. The Balaban J connectivity index is 2.32. The van der Waals surface area contributed by atoms with E-state index in [4.69, 9.17) is 9.15 Å². The molecule has 6 atom stereocenters. The number of aliphatic hydroxyl groups is 3. The lowest BCUT2D eigenvalue weighted by Gasteiger charge is -2.35. The van der Waals surface area contributed by atoms with E-state index in [1.807, 2.05) is 19.9 Å². The van der Waals surface area contributed by atoms with Crippen molar-refractivity contribution in [3.8, 4) is 0 Å². The first-order valence-electron chi connectivity index (χ1n) is 12.3. The molecule has 0 radical (unpaired) electrons. The first-order valence-corrected chi connectivity index (χ1v) is 12.3. The van der Waals surface area contributed by atoms with Crippen LogP contribution >= 0.6 is 0 Å². The number of carbonyl (C=O) groups is 1. The molecular formula is C27H43NO6. The molecule has 1 unspecified atom stereocenters. The van der Waals surface area contributed by atoms with E-state index in [1.54, 1.807) is 34.0 Å². The van der Waals surface area contributed by atoms with Gasteiger partial charge in [0.2, 0.25) is 0 Å². The van der Waals surface area contributed by atoms with Crippen molar-refractivity contribution in [3.05, 3.63) is 35.1 Å². The van der Waals surface area contributed by atoms with Gasteiger partial charge in [0.15, 0.2) is 12.2 Å². The minimum absolute atomic E-state index is 0.0367. The summed E-state index contributed by atoms with van der Waals surface area (Å²) in [6.45, 7) is 12.8. The summed E-state index contributed by atoms with van der Waals surface area (Å²) in [5, 5.41) is 32.3. The van der Waals surface area contributed by atoms with E-state index in [0.29, 0.717) is 18.0 Å². The third-order valence-electron chi connectivity index (χ3n) is 7.15. The zero-order valence-electron chi connectivity index (χ0n) is 21.7. The summed E-state index contributed by atoms with van der Waals surface area (Å²) in [6, 6.07) is 0. The van der Waals surface area contributed by atoms with Gasteiger partial charge in [0, 0.05) is 24.7 Å². The van der Waals surface area contributed by atoms with Gasteiger partial charge >= 0.3 is 0 Å². The predicted octanol–water partition coefficient (Wildman–Crippen LogP) is 4.59. The summed E-state index contributed by atoms with van der Waals surface area (Å²) >= 11 is 0. The zero-order valence-corrected chi connectivity index (χ0v) is 21.7. The van der Waals surface area contributed by atoms with Gasteiger partial charge in [-0.15, -0.1) is 0 Å². The highest BCUT2D eigenvalue weighted by Crippen LogP contribution is 2.33. The van der Waals surface area contributed by atoms with Crippen LogP contribution in [0.2, 0.25) is 0 Å². The standard InChI is InChI=1S/C27H43NO6/c1-16-9-8-10-17(2)25(31)19(4)26(32)27(6,7)23(29)14-24(30)34-22(12-11-16)18(3)13-21-15-33-20(5)28-21/h11,13,15,17,19,22-25,29-31H,8-10,12,14H2,1-7H3/b16-11-,18-13+/t17-,19+,22-,23-,24?,25-/m0/s1. The molecule has 0 bridgehead atoms. The lowest BCUT2D eigenvalue weighted by atomic mass is 9.73. The second-order valence-electron chi connectivity index (χ2n) is 10.5. The van der Waals surface area contributed by atoms with E-state index in [-0.39, 0.29) is 18.1 Å². The number of rotatable bonds is 2. The largest absolute Gasteiger partial charge is 0.449 e. The number of hydrogen-bond acceptors (Lipinski definition) is 7. The molecule has 1 aromatic rings.